The van der Waals surface area contributed by atoms with Crippen LogP contribution in [0.25, 0.3) is 11.3 Å². The molecule has 1 saturated heterocycles. The summed E-state index contributed by atoms with van der Waals surface area (Å²) >= 11 is 0. The topological polar surface area (TPSA) is 123 Å². The fourth-order valence-corrected chi connectivity index (χ4v) is 4.88. The van der Waals surface area contributed by atoms with Gasteiger partial charge in [-0.05, 0) is 63.5 Å². The molecule has 4 N–H and O–H groups in total. The van der Waals surface area contributed by atoms with Crippen LogP contribution in [0.15, 0.2) is 53.3 Å². The van der Waals surface area contributed by atoms with Crippen molar-refractivity contribution in [2.45, 2.75) is 53.8 Å². The summed E-state index contributed by atoms with van der Waals surface area (Å²) in [7, 11) is 0. The molecule has 1 aliphatic rings. The molecule has 0 radical (unpaired) electrons. The quantitative estimate of drug-likeness (QED) is 0.271. The number of ether oxygens (including phenoxy) is 1. The van der Waals surface area contributed by atoms with Gasteiger partial charge in [0.1, 0.15) is 5.82 Å². The molecule has 4 rings (SSSR count). The molecule has 9 nitrogen and oxygen atoms in total. The van der Waals surface area contributed by atoms with Gasteiger partial charge in [-0.2, -0.15) is 0 Å². The van der Waals surface area contributed by atoms with Crippen molar-refractivity contribution >= 4 is 17.4 Å². The molecule has 41 heavy (non-hydrogen) atoms. The lowest BCUT2D eigenvalue weighted by atomic mass is 9.96. The van der Waals surface area contributed by atoms with Gasteiger partial charge in [-0.15, -0.1) is 0 Å². The summed E-state index contributed by atoms with van der Waals surface area (Å²) in [4.78, 5) is 36.3. The first-order chi connectivity index (χ1) is 19.5. The number of morpholine rings is 1. The van der Waals surface area contributed by atoms with Crippen LogP contribution >= 0.6 is 0 Å². The second-order valence-corrected chi connectivity index (χ2v) is 10.9. The maximum atomic E-state index is 13.7. The highest BCUT2D eigenvalue weighted by molar-refractivity contribution is 6.19. The molecule has 0 bridgehead atoms. The second-order valence-electron chi connectivity index (χ2n) is 10.9. The van der Waals surface area contributed by atoms with Crippen LogP contribution in [0, 0.1) is 19.3 Å². The van der Waals surface area contributed by atoms with Crippen LogP contribution in [0.3, 0.4) is 0 Å². The number of carbonyl (C=O) groups is 1. The molecule has 0 unspecified atom stereocenters. The van der Waals surface area contributed by atoms with Gasteiger partial charge < -0.3 is 20.4 Å². The van der Waals surface area contributed by atoms with Crippen LogP contribution in [0.4, 0.5) is 5.82 Å². The molecule has 0 atom stereocenters. The fourth-order valence-electron chi connectivity index (χ4n) is 4.88. The standard InChI is InChI=1S/C32H40N6O3/c1-19(2)29(33)28-25(31(39)34-17-26-21(5)15-22(6)36-32(26)40)16-27(37-30(28)35-20(3)4)24-9-7-23(8-10-24)18-38-11-13-41-14-12-38/h7-10,15-16,20,33H,1,11-14,17-18H2,2-6H3,(H,34,39)(H,35,37)(H,36,40). The van der Waals surface area contributed by atoms with Crippen molar-refractivity contribution < 1.29 is 9.53 Å². The highest BCUT2D eigenvalue weighted by Gasteiger charge is 2.23. The Morgan fingerprint density at radius 1 is 1.17 bits per heavy atom. The number of nitrogens with zero attached hydrogens (tertiary/aromatic N) is 2. The third-order valence-corrected chi connectivity index (χ3v) is 7.05. The van der Waals surface area contributed by atoms with E-state index in [0.717, 1.165) is 49.7 Å². The Hall–Kier alpha value is -4.08. The second kappa shape index (κ2) is 13.1. The van der Waals surface area contributed by atoms with Crippen molar-refractivity contribution in [2.24, 2.45) is 0 Å². The number of aromatic amines is 1. The van der Waals surface area contributed by atoms with E-state index in [2.05, 4.69) is 39.2 Å². The Balaban J connectivity index is 1.72. The van der Waals surface area contributed by atoms with Crippen molar-refractivity contribution in [2.75, 3.05) is 31.6 Å². The number of nitrogens with one attached hydrogen (secondary N) is 4. The number of allylic oxidation sites excluding steroid dienone is 1. The summed E-state index contributed by atoms with van der Waals surface area (Å²) in [5.41, 5.74) is 5.80. The Morgan fingerprint density at radius 2 is 1.85 bits per heavy atom. The Labute approximate surface area is 241 Å². The molecule has 0 spiro atoms. The maximum Gasteiger partial charge on any atom is 0.253 e. The number of hydrogen-bond acceptors (Lipinski definition) is 7. The van der Waals surface area contributed by atoms with Gasteiger partial charge in [-0.1, -0.05) is 30.8 Å². The van der Waals surface area contributed by atoms with Crippen LogP contribution in [0.1, 0.15) is 59.1 Å². The van der Waals surface area contributed by atoms with E-state index in [1.54, 1.807) is 13.0 Å². The molecule has 0 saturated carbocycles. The molecule has 0 aliphatic carbocycles. The monoisotopic (exact) mass is 556 g/mol. The summed E-state index contributed by atoms with van der Waals surface area (Å²) in [6.07, 6.45) is 0. The van der Waals surface area contributed by atoms with Crippen LogP contribution in [0.2, 0.25) is 0 Å². The minimum Gasteiger partial charge on any atom is -0.379 e. The molecule has 3 aromatic rings. The van der Waals surface area contributed by atoms with Crippen molar-refractivity contribution in [3.8, 4) is 11.3 Å². The van der Waals surface area contributed by atoms with Crippen molar-refractivity contribution in [3.05, 3.63) is 92.4 Å². The summed E-state index contributed by atoms with van der Waals surface area (Å²) in [5.74, 6) is 0.0437. The molecule has 1 aromatic carbocycles. The van der Waals surface area contributed by atoms with Crippen LogP contribution < -0.4 is 16.2 Å². The summed E-state index contributed by atoms with van der Waals surface area (Å²) in [6.45, 7) is 17.5. The summed E-state index contributed by atoms with van der Waals surface area (Å²) < 4.78 is 5.46. The predicted octanol–water partition coefficient (Wildman–Crippen LogP) is 4.58. The molecule has 3 heterocycles. The van der Waals surface area contributed by atoms with E-state index < -0.39 is 5.91 Å². The zero-order valence-electron chi connectivity index (χ0n) is 24.6. The number of amides is 1. The number of benzene rings is 1. The normalized spacial score (nSPS) is 13.7. The van der Waals surface area contributed by atoms with E-state index in [0.29, 0.717) is 33.8 Å². The number of carbonyl (C=O) groups excluding carboxylic acids is 1. The molecule has 216 valence electrons. The largest absolute Gasteiger partial charge is 0.379 e. The molecule has 1 amide bonds. The maximum absolute atomic E-state index is 13.7. The highest BCUT2D eigenvalue weighted by atomic mass is 16.5. The van der Waals surface area contributed by atoms with E-state index in [-0.39, 0.29) is 23.9 Å². The predicted molar refractivity (Wildman–Crippen MR) is 164 cm³/mol. The van der Waals surface area contributed by atoms with Crippen LogP contribution in [-0.2, 0) is 17.8 Å². The highest BCUT2D eigenvalue weighted by Crippen LogP contribution is 2.29. The molecule has 9 heteroatoms. The molecule has 2 aromatic heterocycles. The van der Waals surface area contributed by atoms with Gasteiger partial charge in [0.25, 0.3) is 11.5 Å². The minimum absolute atomic E-state index is 0.00926. The van der Waals surface area contributed by atoms with Gasteiger partial charge in [0.2, 0.25) is 0 Å². The van der Waals surface area contributed by atoms with Gasteiger partial charge in [-0.3, -0.25) is 19.9 Å². The lowest BCUT2D eigenvalue weighted by molar-refractivity contribution is 0.0342. The number of pyridine rings is 2. The van der Waals surface area contributed by atoms with Gasteiger partial charge in [0.05, 0.1) is 35.7 Å². The third kappa shape index (κ3) is 7.36. The average molecular weight is 557 g/mol. The first kappa shape index (κ1) is 29.9. The van der Waals surface area contributed by atoms with E-state index in [9.17, 15) is 9.59 Å². The first-order valence-electron chi connectivity index (χ1n) is 14.0. The summed E-state index contributed by atoms with van der Waals surface area (Å²) in [6, 6.07) is 11.8. The number of H-pyrrole nitrogens is 1. The number of rotatable bonds is 10. The number of hydrogen-bond donors (Lipinski definition) is 4. The lowest BCUT2D eigenvalue weighted by Gasteiger charge is -2.26. The van der Waals surface area contributed by atoms with Crippen molar-refractivity contribution in [3.63, 3.8) is 0 Å². The SMILES string of the molecule is C=C(C)C(=N)c1c(C(=O)NCc2c(C)cc(C)[nH]c2=O)cc(-c2ccc(CN3CCOCC3)cc2)nc1NC(C)C. The third-order valence-electron chi connectivity index (χ3n) is 7.05. The first-order valence-corrected chi connectivity index (χ1v) is 14.0. The fraction of sp³-hybridized carbons (Fsp3) is 0.375. The van der Waals surface area contributed by atoms with Crippen LogP contribution in [0.5, 0.6) is 0 Å². The number of aromatic nitrogens is 2. The van der Waals surface area contributed by atoms with Gasteiger partial charge >= 0.3 is 0 Å². The summed E-state index contributed by atoms with van der Waals surface area (Å²) in [5, 5.41) is 15.0. The van der Waals surface area contributed by atoms with E-state index in [4.69, 9.17) is 15.1 Å². The van der Waals surface area contributed by atoms with Gasteiger partial charge in [0, 0.05) is 49.0 Å². The minimum atomic E-state index is -0.398. The van der Waals surface area contributed by atoms with E-state index >= 15 is 0 Å². The molecular weight excluding hydrogens is 516 g/mol. The Kier molecular flexibility index (Phi) is 9.52. The van der Waals surface area contributed by atoms with Crippen LogP contribution in [-0.4, -0.2) is 58.8 Å². The zero-order chi connectivity index (χ0) is 29.7. The smallest absolute Gasteiger partial charge is 0.253 e. The van der Waals surface area contributed by atoms with E-state index in [1.807, 2.05) is 45.9 Å². The average Bonchev–Trinajstić information content (AvgIpc) is 2.92. The molecule has 1 fully saturated rings. The number of aryl methyl sites for hydroxylation is 2. The lowest BCUT2D eigenvalue weighted by Crippen LogP contribution is -2.35. The Bertz CT molecular complexity index is 1500. The molecule has 1 aliphatic heterocycles. The van der Waals surface area contributed by atoms with Gasteiger partial charge in [0.15, 0.2) is 0 Å². The van der Waals surface area contributed by atoms with Gasteiger partial charge in [-0.25, -0.2) is 4.98 Å². The molecular formula is C32H40N6O3. The van der Waals surface area contributed by atoms with E-state index in [1.165, 1.54) is 5.56 Å². The number of anilines is 1. The van der Waals surface area contributed by atoms with Crippen molar-refractivity contribution in [1.82, 2.24) is 20.2 Å². The zero-order valence-corrected chi connectivity index (χ0v) is 24.6. The van der Waals surface area contributed by atoms with Crippen molar-refractivity contribution in [1.29, 1.82) is 5.41 Å². The Morgan fingerprint density at radius 3 is 2.46 bits per heavy atom.